The van der Waals surface area contributed by atoms with Gasteiger partial charge in [-0.1, -0.05) is 26.3 Å². The largest absolute Gasteiger partial charge is 0.391 e. The molecule has 1 aliphatic heterocycles. The normalized spacial score (nSPS) is 28.0. The summed E-state index contributed by atoms with van der Waals surface area (Å²) in [4.78, 5) is 0. The fourth-order valence-electron chi connectivity index (χ4n) is 1.16. The van der Waals surface area contributed by atoms with Crippen LogP contribution < -0.4 is 5.32 Å². The average molecular weight is 125 g/mol. The van der Waals surface area contributed by atoms with Gasteiger partial charge in [-0.25, -0.2) is 0 Å². The predicted molar refractivity (Wildman–Crippen MR) is 40.1 cm³/mol. The molecule has 1 heteroatoms. The lowest BCUT2D eigenvalue weighted by atomic mass is 9.93. The maximum atomic E-state index is 3.21. The lowest BCUT2D eigenvalue weighted by molar-refractivity contribution is 0.426. The molecule has 0 saturated carbocycles. The standard InChI is InChI=1S/C8H15N/c1-3-7(2)8-4-5-9-6-8/h4-5,7-9H,3,6H2,1-2H3/t7?,8-/m0/s1. The first-order valence-corrected chi connectivity index (χ1v) is 3.74. The molecule has 0 radical (unpaired) electrons. The van der Waals surface area contributed by atoms with Gasteiger partial charge in [-0.05, 0) is 18.0 Å². The van der Waals surface area contributed by atoms with Crippen molar-refractivity contribution >= 4 is 0 Å². The highest BCUT2D eigenvalue weighted by atomic mass is 14.9. The molecule has 1 heterocycles. The molecular weight excluding hydrogens is 110 g/mol. The van der Waals surface area contributed by atoms with E-state index >= 15 is 0 Å². The lowest BCUT2D eigenvalue weighted by Crippen LogP contribution is -2.15. The van der Waals surface area contributed by atoms with E-state index in [1.165, 1.54) is 6.42 Å². The summed E-state index contributed by atoms with van der Waals surface area (Å²) in [5.74, 6) is 1.63. The minimum absolute atomic E-state index is 0.787. The monoisotopic (exact) mass is 125 g/mol. The van der Waals surface area contributed by atoms with Gasteiger partial charge >= 0.3 is 0 Å². The average Bonchev–Trinajstić information content (AvgIpc) is 2.37. The summed E-state index contributed by atoms with van der Waals surface area (Å²) >= 11 is 0. The molecule has 1 rings (SSSR count). The van der Waals surface area contributed by atoms with Crippen molar-refractivity contribution in [1.29, 1.82) is 0 Å². The van der Waals surface area contributed by atoms with Crippen LogP contribution in [0.25, 0.3) is 0 Å². The first-order chi connectivity index (χ1) is 4.34. The maximum Gasteiger partial charge on any atom is 0.0207 e. The zero-order valence-electron chi connectivity index (χ0n) is 6.22. The van der Waals surface area contributed by atoms with E-state index in [0.29, 0.717) is 0 Å². The molecule has 0 aliphatic carbocycles. The molecular formula is C8H15N. The van der Waals surface area contributed by atoms with Crippen LogP contribution in [0.5, 0.6) is 0 Å². The van der Waals surface area contributed by atoms with E-state index in [2.05, 4.69) is 31.4 Å². The summed E-state index contributed by atoms with van der Waals surface area (Å²) in [5.41, 5.74) is 0. The van der Waals surface area contributed by atoms with Crippen LogP contribution in [0.15, 0.2) is 12.3 Å². The van der Waals surface area contributed by atoms with Crippen LogP contribution >= 0.6 is 0 Å². The Bertz CT molecular complexity index is 107. The van der Waals surface area contributed by atoms with Gasteiger partial charge in [0, 0.05) is 6.54 Å². The highest BCUT2D eigenvalue weighted by molar-refractivity contribution is 4.97. The smallest absolute Gasteiger partial charge is 0.0207 e. The number of hydrogen-bond donors (Lipinski definition) is 1. The topological polar surface area (TPSA) is 12.0 Å². The van der Waals surface area contributed by atoms with Crippen molar-refractivity contribution in [2.45, 2.75) is 20.3 Å². The molecule has 0 aromatic heterocycles. The molecule has 52 valence electrons. The highest BCUT2D eigenvalue weighted by Crippen LogP contribution is 2.17. The molecule has 1 aliphatic rings. The van der Waals surface area contributed by atoms with Crippen molar-refractivity contribution < 1.29 is 0 Å². The summed E-state index contributed by atoms with van der Waals surface area (Å²) in [6.45, 7) is 5.70. The minimum atomic E-state index is 0.787. The van der Waals surface area contributed by atoms with E-state index in [0.717, 1.165) is 18.4 Å². The van der Waals surface area contributed by atoms with Crippen molar-refractivity contribution in [3.05, 3.63) is 12.3 Å². The van der Waals surface area contributed by atoms with Crippen molar-refractivity contribution in [3.63, 3.8) is 0 Å². The van der Waals surface area contributed by atoms with E-state index in [1.807, 2.05) is 0 Å². The van der Waals surface area contributed by atoms with Crippen LogP contribution in [0.3, 0.4) is 0 Å². The van der Waals surface area contributed by atoms with Gasteiger partial charge in [0.15, 0.2) is 0 Å². The second kappa shape index (κ2) is 2.90. The molecule has 0 amide bonds. The van der Waals surface area contributed by atoms with Crippen molar-refractivity contribution in [2.24, 2.45) is 11.8 Å². The zero-order valence-corrected chi connectivity index (χ0v) is 6.22. The van der Waals surface area contributed by atoms with E-state index in [4.69, 9.17) is 0 Å². The van der Waals surface area contributed by atoms with E-state index in [-0.39, 0.29) is 0 Å². The molecule has 1 nitrogen and oxygen atoms in total. The summed E-state index contributed by atoms with van der Waals surface area (Å²) in [6.07, 6.45) is 5.63. The molecule has 0 spiro atoms. The first-order valence-electron chi connectivity index (χ1n) is 3.74. The molecule has 9 heavy (non-hydrogen) atoms. The Labute approximate surface area is 57.1 Å². The second-order valence-electron chi connectivity index (χ2n) is 2.82. The molecule has 0 aromatic carbocycles. The lowest BCUT2D eigenvalue weighted by Gasteiger charge is -2.13. The van der Waals surface area contributed by atoms with Gasteiger partial charge in [0.1, 0.15) is 0 Å². The van der Waals surface area contributed by atoms with E-state index < -0.39 is 0 Å². The van der Waals surface area contributed by atoms with Gasteiger partial charge in [-0.3, -0.25) is 0 Å². The van der Waals surface area contributed by atoms with Crippen molar-refractivity contribution in [2.75, 3.05) is 6.54 Å². The van der Waals surface area contributed by atoms with Gasteiger partial charge in [0.2, 0.25) is 0 Å². The third kappa shape index (κ3) is 1.47. The fourth-order valence-corrected chi connectivity index (χ4v) is 1.16. The third-order valence-electron chi connectivity index (χ3n) is 2.19. The van der Waals surface area contributed by atoms with Crippen LogP contribution in [0, 0.1) is 11.8 Å². The summed E-state index contributed by atoms with van der Waals surface area (Å²) < 4.78 is 0. The quantitative estimate of drug-likeness (QED) is 0.593. The Kier molecular flexibility index (Phi) is 2.15. The Balaban J connectivity index is 2.33. The van der Waals surface area contributed by atoms with Gasteiger partial charge in [-0.15, -0.1) is 0 Å². The zero-order chi connectivity index (χ0) is 6.69. The van der Waals surface area contributed by atoms with Crippen LogP contribution in [-0.2, 0) is 0 Å². The summed E-state index contributed by atoms with van der Waals surface area (Å²) in [5, 5.41) is 3.21. The predicted octanol–water partition coefficient (Wildman–Crippen LogP) is 1.77. The Hall–Kier alpha value is -0.460. The van der Waals surface area contributed by atoms with Crippen LogP contribution in [0.2, 0.25) is 0 Å². The van der Waals surface area contributed by atoms with Crippen molar-refractivity contribution in [1.82, 2.24) is 5.32 Å². The van der Waals surface area contributed by atoms with Crippen LogP contribution in [0.4, 0.5) is 0 Å². The SMILES string of the molecule is CCC(C)[C@H]1C=CNC1. The Morgan fingerprint density at radius 3 is 3.00 bits per heavy atom. The fraction of sp³-hybridized carbons (Fsp3) is 0.750. The summed E-state index contributed by atoms with van der Waals surface area (Å²) in [7, 11) is 0. The van der Waals surface area contributed by atoms with E-state index in [9.17, 15) is 0 Å². The Morgan fingerprint density at radius 1 is 1.78 bits per heavy atom. The minimum Gasteiger partial charge on any atom is -0.391 e. The molecule has 0 fully saturated rings. The van der Waals surface area contributed by atoms with E-state index in [1.54, 1.807) is 0 Å². The van der Waals surface area contributed by atoms with Crippen LogP contribution in [0.1, 0.15) is 20.3 Å². The number of nitrogens with one attached hydrogen (secondary N) is 1. The van der Waals surface area contributed by atoms with Gasteiger partial charge < -0.3 is 5.32 Å². The van der Waals surface area contributed by atoms with Crippen LogP contribution in [-0.4, -0.2) is 6.54 Å². The van der Waals surface area contributed by atoms with Crippen molar-refractivity contribution in [3.8, 4) is 0 Å². The first kappa shape index (κ1) is 6.66. The second-order valence-corrected chi connectivity index (χ2v) is 2.82. The van der Waals surface area contributed by atoms with Gasteiger partial charge in [-0.2, -0.15) is 0 Å². The molecule has 1 unspecified atom stereocenters. The molecule has 1 N–H and O–H groups in total. The molecule has 0 bridgehead atoms. The number of hydrogen-bond acceptors (Lipinski definition) is 1. The Morgan fingerprint density at radius 2 is 2.56 bits per heavy atom. The van der Waals surface area contributed by atoms with Gasteiger partial charge in [0.25, 0.3) is 0 Å². The summed E-state index contributed by atoms with van der Waals surface area (Å²) in [6, 6.07) is 0. The highest BCUT2D eigenvalue weighted by Gasteiger charge is 2.14. The molecule has 0 saturated heterocycles. The molecule has 2 atom stereocenters. The molecule has 0 aromatic rings. The number of rotatable bonds is 2. The van der Waals surface area contributed by atoms with Gasteiger partial charge in [0.05, 0.1) is 0 Å². The third-order valence-corrected chi connectivity index (χ3v) is 2.19. The maximum absolute atomic E-state index is 3.21.